The molecule has 1 aliphatic rings. The highest BCUT2D eigenvalue weighted by Gasteiger charge is 2.20. The number of amides is 1. The van der Waals surface area contributed by atoms with Crippen LogP contribution in [0.25, 0.3) is 0 Å². The van der Waals surface area contributed by atoms with Crippen molar-refractivity contribution in [1.29, 1.82) is 5.26 Å². The van der Waals surface area contributed by atoms with E-state index in [1.807, 2.05) is 30.3 Å². The third-order valence-corrected chi connectivity index (χ3v) is 4.33. The van der Waals surface area contributed by atoms with Crippen LogP contribution in [0.3, 0.4) is 0 Å². The van der Waals surface area contributed by atoms with E-state index in [1.165, 1.54) is 0 Å². The van der Waals surface area contributed by atoms with E-state index < -0.39 is 0 Å². The van der Waals surface area contributed by atoms with E-state index in [1.54, 1.807) is 24.3 Å². The lowest BCUT2D eigenvalue weighted by Crippen LogP contribution is -2.43. The summed E-state index contributed by atoms with van der Waals surface area (Å²) >= 11 is 0. The fourth-order valence-electron chi connectivity index (χ4n) is 2.90. The second-order valence-electron chi connectivity index (χ2n) is 6.04. The summed E-state index contributed by atoms with van der Waals surface area (Å²) in [6.07, 6.45) is 0. The number of hydrogen-bond donors (Lipinski definition) is 1. The molecule has 1 saturated heterocycles. The van der Waals surface area contributed by atoms with Gasteiger partial charge in [-0.15, -0.1) is 0 Å². The first-order valence-corrected chi connectivity index (χ1v) is 8.42. The van der Waals surface area contributed by atoms with Crippen LogP contribution in [0.4, 0.5) is 0 Å². The largest absolute Gasteiger partial charge is 0.379 e. The maximum Gasteiger partial charge on any atom is 0.251 e. The summed E-state index contributed by atoms with van der Waals surface area (Å²) in [6, 6.07) is 18.7. The fourth-order valence-corrected chi connectivity index (χ4v) is 2.90. The van der Waals surface area contributed by atoms with Crippen LogP contribution in [0.2, 0.25) is 0 Å². The Labute approximate surface area is 147 Å². The van der Waals surface area contributed by atoms with E-state index in [2.05, 4.69) is 16.3 Å². The van der Waals surface area contributed by atoms with Gasteiger partial charge in [0.2, 0.25) is 0 Å². The van der Waals surface area contributed by atoms with Crippen molar-refractivity contribution in [2.45, 2.75) is 6.04 Å². The van der Waals surface area contributed by atoms with Crippen LogP contribution in [0.5, 0.6) is 0 Å². The summed E-state index contributed by atoms with van der Waals surface area (Å²) in [7, 11) is 0. The number of carbonyl (C=O) groups excluding carboxylic acids is 1. The van der Waals surface area contributed by atoms with Crippen LogP contribution in [0.1, 0.15) is 27.5 Å². The number of morpholine rings is 1. The van der Waals surface area contributed by atoms with E-state index in [-0.39, 0.29) is 11.9 Å². The topological polar surface area (TPSA) is 65.4 Å². The Hall–Kier alpha value is -2.68. The SMILES string of the molecule is N#Cc1ccc(C(=O)NC(CN2CCOCC2)c2ccccc2)cc1. The van der Waals surface area contributed by atoms with E-state index in [4.69, 9.17) is 10.00 Å². The maximum atomic E-state index is 12.6. The van der Waals surface area contributed by atoms with Crippen molar-refractivity contribution >= 4 is 5.91 Å². The average molecular weight is 335 g/mol. The van der Waals surface area contributed by atoms with Crippen LogP contribution in [-0.4, -0.2) is 43.7 Å². The molecular formula is C20H21N3O2. The summed E-state index contributed by atoms with van der Waals surface area (Å²) in [5.41, 5.74) is 2.18. The molecule has 1 fully saturated rings. The molecule has 2 aromatic rings. The number of hydrogen-bond acceptors (Lipinski definition) is 4. The fraction of sp³-hybridized carbons (Fsp3) is 0.300. The Morgan fingerprint density at radius 1 is 1.12 bits per heavy atom. The average Bonchev–Trinajstić information content (AvgIpc) is 2.69. The molecule has 0 spiro atoms. The van der Waals surface area contributed by atoms with Crippen LogP contribution in [0, 0.1) is 11.3 Å². The molecule has 5 nitrogen and oxygen atoms in total. The lowest BCUT2D eigenvalue weighted by molar-refractivity contribution is 0.0332. The van der Waals surface area contributed by atoms with E-state index in [0.717, 1.165) is 38.4 Å². The number of nitrogens with one attached hydrogen (secondary N) is 1. The number of rotatable bonds is 5. The third kappa shape index (κ3) is 4.66. The lowest BCUT2D eigenvalue weighted by Gasteiger charge is -2.31. The minimum Gasteiger partial charge on any atom is -0.379 e. The van der Waals surface area contributed by atoms with Gasteiger partial charge in [0.25, 0.3) is 5.91 Å². The molecule has 1 heterocycles. The van der Waals surface area contributed by atoms with Gasteiger partial charge >= 0.3 is 0 Å². The Bertz CT molecular complexity index is 732. The Morgan fingerprint density at radius 3 is 2.44 bits per heavy atom. The van der Waals surface area contributed by atoms with Crippen LogP contribution in [-0.2, 0) is 4.74 Å². The molecule has 25 heavy (non-hydrogen) atoms. The number of carbonyl (C=O) groups is 1. The molecule has 128 valence electrons. The van der Waals surface area contributed by atoms with Crippen molar-refractivity contribution in [2.24, 2.45) is 0 Å². The summed E-state index contributed by atoms with van der Waals surface area (Å²) < 4.78 is 5.40. The molecule has 0 radical (unpaired) electrons. The second-order valence-corrected chi connectivity index (χ2v) is 6.04. The molecular weight excluding hydrogens is 314 g/mol. The number of nitriles is 1. The highest BCUT2D eigenvalue weighted by molar-refractivity contribution is 5.94. The lowest BCUT2D eigenvalue weighted by atomic mass is 10.0. The second kappa shape index (κ2) is 8.43. The van der Waals surface area contributed by atoms with Gasteiger partial charge < -0.3 is 10.1 Å². The zero-order valence-electron chi connectivity index (χ0n) is 14.0. The number of ether oxygens (including phenoxy) is 1. The summed E-state index contributed by atoms with van der Waals surface area (Å²) in [5.74, 6) is -0.133. The molecule has 1 atom stereocenters. The zero-order chi connectivity index (χ0) is 17.5. The zero-order valence-corrected chi connectivity index (χ0v) is 14.0. The monoisotopic (exact) mass is 335 g/mol. The van der Waals surface area contributed by atoms with Gasteiger partial charge in [-0.2, -0.15) is 5.26 Å². The molecule has 1 amide bonds. The van der Waals surface area contributed by atoms with Crippen molar-refractivity contribution in [3.8, 4) is 6.07 Å². The van der Waals surface area contributed by atoms with Crippen molar-refractivity contribution in [2.75, 3.05) is 32.8 Å². The molecule has 5 heteroatoms. The number of nitrogens with zero attached hydrogens (tertiary/aromatic N) is 2. The predicted octanol–water partition coefficient (Wildman–Crippen LogP) is 2.36. The minimum absolute atomic E-state index is 0.0950. The highest BCUT2D eigenvalue weighted by atomic mass is 16.5. The molecule has 0 aliphatic carbocycles. The Kier molecular flexibility index (Phi) is 5.78. The van der Waals surface area contributed by atoms with Crippen molar-refractivity contribution in [3.63, 3.8) is 0 Å². The van der Waals surface area contributed by atoms with Crippen molar-refractivity contribution < 1.29 is 9.53 Å². The van der Waals surface area contributed by atoms with Gasteiger partial charge in [-0.05, 0) is 29.8 Å². The highest BCUT2D eigenvalue weighted by Crippen LogP contribution is 2.16. The normalized spacial score (nSPS) is 16.0. The van der Waals surface area contributed by atoms with Crippen LogP contribution >= 0.6 is 0 Å². The van der Waals surface area contributed by atoms with Gasteiger partial charge in [-0.25, -0.2) is 0 Å². The molecule has 1 unspecified atom stereocenters. The number of benzene rings is 2. The van der Waals surface area contributed by atoms with E-state index in [9.17, 15) is 4.79 Å². The van der Waals surface area contributed by atoms with Gasteiger partial charge in [-0.1, -0.05) is 30.3 Å². The molecule has 0 aromatic heterocycles. The Balaban J connectivity index is 1.74. The van der Waals surface area contributed by atoms with Gasteiger partial charge in [-0.3, -0.25) is 9.69 Å². The standard InChI is InChI=1S/C20H21N3O2/c21-14-16-6-8-18(9-7-16)20(24)22-19(17-4-2-1-3-5-17)15-23-10-12-25-13-11-23/h1-9,19H,10-13,15H2,(H,22,24). The van der Waals surface area contributed by atoms with Crippen LogP contribution < -0.4 is 5.32 Å². The van der Waals surface area contributed by atoms with Gasteiger partial charge in [0.05, 0.1) is 30.9 Å². The predicted molar refractivity (Wildman–Crippen MR) is 95.1 cm³/mol. The molecule has 3 rings (SSSR count). The summed E-state index contributed by atoms with van der Waals surface area (Å²) in [4.78, 5) is 14.9. The molecule has 0 bridgehead atoms. The molecule has 1 N–H and O–H groups in total. The van der Waals surface area contributed by atoms with Crippen LogP contribution in [0.15, 0.2) is 54.6 Å². The first-order valence-electron chi connectivity index (χ1n) is 8.42. The minimum atomic E-state index is -0.133. The van der Waals surface area contributed by atoms with Gasteiger partial charge in [0, 0.05) is 25.2 Å². The first-order chi connectivity index (χ1) is 12.3. The van der Waals surface area contributed by atoms with Gasteiger partial charge in [0.15, 0.2) is 0 Å². The summed E-state index contributed by atoms with van der Waals surface area (Å²) in [6.45, 7) is 3.94. The van der Waals surface area contributed by atoms with E-state index >= 15 is 0 Å². The maximum absolute atomic E-state index is 12.6. The molecule has 0 saturated carbocycles. The first kappa shape index (κ1) is 17.2. The van der Waals surface area contributed by atoms with Crippen molar-refractivity contribution in [1.82, 2.24) is 10.2 Å². The van der Waals surface area contributed by atoms with Crippen molar-refractivity contribution in [3.05, 3.63) is 71.3 Å². The quantitative estimate of drug-likeness (QED) is 0.911. The van der Waals surface area contributed by atoms with Gasteiger partial charge in [0.1, 0.15) is 0 Å². The smallest absolute Gasteiger partial charge is 0.251 e. The molecule has 2 aromatic carbocycles. The summed E-state index contributed by atoms with van der Waals surface area (Å²) in [5, 5.41) is 12.0. The third-order valence-electron chi connectivity index (χ3n) is 4.33. The van der Waals surface area contributed by atoms with E-state index in [0.29, 0.717) is 11.1 Å². The Morgan fingerprint density at radius 2 is 1.80 bits per heavy atom. The molecule has 1 aliphatic heterocycles.